The summed E-state index contributed by atoms with van der Waals surface area (Å²) in [5, 5.41) is 12.9. The molecule has 72 valence electrons. The largest absolute Gasteiger partial charge is 0.481 e. The molecule has 5 N–H and O–H groups in total. The first-order valence-corrected chi connectivity index (χ1v) is 5.22. The highest BCUT2D eigenvalue weighted by Gasteiger charge is 2.34. The molecule has 0 aromatic heterocycles. The van der Waals surface area contributed by atoms with E-state index >= 15 is 0 Å². The molecule has 0 aliphatic carbocycles. The SMILES string of the molecule is NC(Br)(CCC(=O)O)S(N)(=O)=O. The van der Waals surface area contributed by atoms with Crippen molar-refractivity contribution >= 4 is 31.9 Å². The van der Waals surface area contributed by atoms with Crippen LogP contribution in [0.2, 0.25) is 0 Å². The highest BCUT2D eigenvalue weighted by atomic mass is 79.9. The maximum atomic E-state index is 10.7. The van der Waals surface area contributed by atoms with Crippen LogP contribution < -0.4 is 10.9 Å². The predicted molar refractivity (Wildman–Crippen MR) is 45.8 cm³/mol. The molecule has 0 bridgehead atoms. The minimum atomic E-state index is -3.97. The molecular formula is C4H9BrN2O4S. The average molecular weight is 261 g/mol. The second-order valence-corrected chi connectivity index (χ2v) is 5.98. The minimum absolute atomic E-state index is 0.277. The predicted octanol–water partition coefficient (Wildman–Crippen LogP) is -0.853. The summed E-state index contributed by atoms with van der Waals surface area (Å²) in [5.74, 6) is -1.13. The Morgan fingerprint density at radius 1 is 1.58 bits per heavy atom. The van der Waals surface area contributed by atoms with Crippen LogP contribution in [0.25, 0.3) is 0 Å². The molecule has 0 spiro atoms. The monoisotopic (exact) mass is 260 g/mol. The number of carboxylic acids is 1. The number of alkyl halides is 1. The number of carbonyl (C=O) groups is 1. The zero-order chi connectivity index (χ0) is 9.99. The Kier molecular flexibility index (Phi) is 3.63. The third-order valence-corrected chi connectivity index (χ3v) is 4.05. The summed E-state index contributed by atoms with van der Waals surface area (Å²) in [7, 11) is -3.97. The number of nitrogens with two attached hydrogens (primary N) is 2. The summed E-state index contributed by atoms with van der Waals surface area (Å²) >= 11 is 2.63. The minimum Gasteiger partial charge on any atom is -0.481 e. The molecule has 0 aliphatic rings. The number of carboxylic acid groups (broad SMARTS) is 1. The summed E-state index contributed by atoms with van der Waals surface area (Å²) < 4.78 is 19.5. The van der Waals surface area contributed by atoms with Gasteiger partial charge in [-0.2, -0.15) is 0 Å². The van der Waals surface area contributed by atoms with Crippen molar-refractivity contribution in [2.24, 2.45) is 10.9 Å². The standard InChI is InChI=1S/C4H9BrN2O4S/c5-4(6,12(7,10)11)2-1-3(8)9/h1-2,6H2,(H,8,9)(H2,7,10,11). The Labute approximate surface area is 78.1 Å². The van der Waals surface area contributed by atoms with Crippen LogP contribution in [0.4, 0.5) is 0 Å². The topological polar surface area (TPSA) is 123 Å². The number of aliphatic carboxylic acids is 1. The van der Waals surface area contributed by atoms with Gasteiger partial charge in [0.2, 0.25) is 10.0 Å². The van der Waals surface area contributed by atoms with Gasteiger partial charge in [0.25, 0.3) is 0 Å². The summed E-state index contributed by atoms with van der Waals surface area (Å²) in [5.41, 5.74) is 5.18. The highest BCUT2D eigenvalue weighted by molar-refractivity contribution is 9.11. The lowest BCUT2D eigenvalue weighted by atomic mass is 10.3. The zero-order valence-corrected chi connectivity index (χ0v) is 8.43. The maximum Gasteiger partial charge on any atom is 0.303 e. The van der Waals surface area contributed by atoms with E-state index in [1.807, 2.05) is 0 Å². The van der Waals surface area contributed by atoms with Crippen LogP contribution in [-0.2, 0) is 14.8 Å². The Bertz CT molecular complexity index is 273. The third-order valence-electron chi connectivity index (χ3n) is 1.15. The molecule has 0 rings (SSSR count). The van der Waals surface area contributed by atoms with Crippen molar-refractivity contribution in [1.29, 1.82) is 0 Å². The first-order valence-electron chi connectivity index (χ1n) is 2.89. The first-order chi connectivity index (χ1) is 5.17. The number of hydrogen-bond donors (Lipinski definition) is 3. The van der Waals surface area contributed by atoms with Gasteiger partial charge in [-0.1, -0.05) is 0 Å². The van der Waals surface area contributed by atoms with E-state index in [-0.39, 0.29) is 12.8 Å². The lowest BCUT2D eigenvalue weighted by Gasteiger charge is -2.17. The lowest BCUT2D eigenvalue weighted by Crippen LogP contribution is -2.46. The van der Waals surface area contributed by atoms with E-state index < -0.39 is 19.8 Å². The van der Waals surface area contributed by atoms with Crippen molar-refractivity contribution in [1.82, 2.24) is 0 Å². The van der Waals surface area contributed by atoms with E-state index in [1.165, 1.54) is 0 Å². The van der Waals surface area contributed by atoms with E-state index in [0.717, 1.165) is 0 Å². The highest BCUT2D eigenvalue weighted by Crippen LogP contribution is 2.21. The number of halogens is 1. The fraction of sp³-hybridized carbons (Fsp3) is 0.750. The molecule has 8 heteroatoms. The van der Waals surface area contributed by atoms with E-state index in [1.54, 1.807) is 0 Å². The molecule has 0 radical (unpaired) electrons. The second kappa shape index (κ2) is 3.69. The molecule has 0 fully saturated rings. The molecule has 6 nitrogen and oxygen atoms in total. The Morgan fingerprint density at radius 2 is 2.00 bits per heavy atom. The van der Waals surface area contributed by atoms with E-state index in [4.69, 9.17) is 16.0 Å². The number of primary sulfonamides is 1. The van der Waals surface area contributed by atoms with Gasteiger partial charge in [0.15, 0.2) is 3.78 Å². The quantitative estimate of drug-likeness (QED) is 0.449. The number of sulfonamides is 1. The maximum absolute atomic E-state index is 10.7. The van der Waals surface area contributed by atoms with Gasteiger partial charge in [-0.05, 0) is 15.9 Å². The Hall–Kier alpha value is -0.180. The third kappa shape index (κ3) is 3.48. The number of hydrogen-bond acceptors (Lipinski definition) is 4. The van der Waals surface area contributed by atoms with Gasteiger partial charge >= 0.3 is 5.97 Å². The van der Waals surface area contributed by atoms with Crippen molar-refractivity contribution in [3.05, 3.63) is 0 Å². The summed E-state index contributed by atoms with van der Waals surface area (Å²) in [6.07, 6.45) is -0.640. The van der Waals surface area contributed by atoms with Crippen LogP contribution in [0.15, 0.2) is 0 Å². The van der Waals surface area contributed by atoms with Crippen molar-refractivity contribution in [3.8, 4) is 0 Å². The van der Waals surface area contributed by atoms with Crippen molar-refractivity contribution < 1.29 is 18.3 Å². The number of rotatable bonds is 4. The van der Waals surface area contributed by atoms with E-state index in [9.17, 15) is 13.2 Å². The van der Waals surface area contributed by atoms with Crippen LogP contribution in [-0.4, -0.2) is 23.3 Å². The van der Waals surface area contributed by atoms with Crippen LogP contribution >= 0.6 is 15.9 Å². The molecule has 0 aromatic carbocycles. The van der Waals surface area contributed by atoms with E-state index in [2.05, 4.69) is 15.9 Å². The molecule has 0 saturated heterocycles. The molecule has 1 atom stereocenters. The fourth-order valence-corrected chi connectivity index (χ4v) is 1.00. The fourth-order valence-electron chi connectivity index (χ4n) is 0.420. The molecule has 0 amide bonds. The lowest BCUT2D eigenvalue weighted by molar-refractivity contribution is -0.137. The van der Waals surface area contributed by atoms with Gasteiger partial charge in [0.1, 0.15) is 0 Å². The van der Waals surface area contributed by atoms with Crippen LogP contribution in [0.1, 0.15) is 12.8 Å². The summed E-state index contributed by atoms with van der Waals surface area (Å²) in [4.78, 5) is 10.1. The first kappa shape index (κ1) is 11.8. The molecule has 1 unspecified atom stereocenters. The average Bonchev–Trinajstić information content (AvgIpc) is 1.81. The molecule has 0 heterocycles. The van der Waals surface area contributed by atoms with Gasteiger partial charge in [-0.3, -0.25) is 4.79 Å². The van der Waals surface area contributed by atoms with Gasteiger partial charge in [-0.25, -0.2) is 13.6 Å². The van der Waals surface area contributed by atoms with E-state index in [0.29, 0.717) is 0 Å². The second-order valence-electron chi connectivity index (χ2n) is 2.22. The molecule has 0 aliphatic heterocycles. The van der Waals surface area contributed by atoms with Crippen LogP contribution in [0.3, 0.4) is 0 Å². The molecule has 0 aromatic rings. The Balaban J connectivity index is 4.35. The smallest absolute Gasteiger partial charge is 0.303 e. The molecule has 0 saturated carbocycles. The van der Waals surface area contributed by atoms with Gasteiger partial charge in [-0.15, -0.1) is 0 Å². The van der Waals surface area contributed by atoms with Gasteiger partial charge in [0.05, 0.1) is 0 Å². The van der Waals surface area contributed by atoms with Crippen LogP contribution in [0.5, 0.6) is 0 Å². The van der Waals surface area contributed by atoms with Crippen molar-refractivity contribution in [2.75, 3.05) is 0 Å². The van der Waals surface area contributed by atoms with Crippen molar-refractivity contribution in [2.45, 2.75) is 16.6 Å². The molecular weight excluding hydrogens is 252 g/mol. The molecule has 12 heavy (non-hydrogen) atoms. The normalized spacial score (nSPS) is 16.9. The van der Waals surface area contributed by atoms with Crippen molar-refractivity contribution in [3.63, 3.8) is 0 Å². The van der Waals surface area contributed by atoms with Gasteiger partial charge in [0, 0.05) is 12.8 Å². The Morgan fingerprint density at radius 3 is 2.25 bits per heavy atom. The zero-order valence-electron chi connectivity index (χ0n) is 6.03. The van der Waals surface area contributed by atoms with Gasteiger partial charge < -0.3 is 10.8 Å². The van der Waals surface area contributed by atoms with Crippen LogP contribution in [0, 0.1) is 0 Å². The summed E-state index contributed by atoms with van der Waals surface area (Å²) in [6, 6.07) is 0. The summed E-state index contributed by atoms with van der Waals surface area (Å²) in [6.45, 7) is 0.